The number of hydrogen-bond acceptors (Lipinski definition) is 2. The minimum absolute atomic E-state index is 0.0694. The molecule has 2 nitrogen and oxygen atoms in total. The van der Waals surface area contributed by atoms with Crippen molar-refractivity contribution in [1.29, 1.82) is 0 Å². The highest BCUT2D eigenvalue weighted by Crippen LogP contribution is 2.43. The maximum atomic E-state index is 12.0. The molecule has 0 spiro atoms. The van der Waals surface area contributed by atoms with E-state index in [4.69, 9.17) is 4.43 Å². The van der Waals surface area contributed by atoms with Crippen molar-refractivity contribution >= 4 is 30.0 Å². The lowest BCUT2D eigenvalue weighted by atomic mass is 10.1. The average molecular weight is 383 g/mol. The lowest BCUT2D eigenvalue weighted by molar-refractivity contribution is 0.100. The highest BCUT2D eigenvalue weighted by atomic mass is 79.9. The maximum absolute atomic E-state index is 12.0. The number of hydrogen-bond donors (Lipinski definition) is 0. The fourth-order valence-electron chi connectivity index (χ4n) is 4.06. The zero-order valence-electron chi connectivity index (χ0n) is 14.4. The number of carbonyl (C=O) groups excluding carboxylic acids is 1. The summed E-state index contributed by atoms with van der Waals surface area (Å²) in [6.07, 6.45) is 0.769. The van der Waals surface area contributed by atoms with Crippen LogP contribution in [0.5, 0.6) is 5.75 Å². The first-order valence-corrected chi connectivity index (χ1v) is 11.3. The Labute approximate surface area is 143 Å². The normalized spacial score (nSPS) is 18.5. The van der Waals surface area contributed by atoms with Crippen LogP contribution in [0, 0.1) is 0 Å². The fourth-order valence-corrected chi connectivity index (χ4v) is 9.89. The van der Waals surface area contributed by atoms with Gasteiger partial charge in [0.25, 0.3) is 8.32 Å². The highest BCUT2D eigenvalue weighted by molar-refractivity contribution is 9.10. The second-order valence-corrected chi connectivity index (χ2v) is 13.8. The molecular formula is C18H27BrO2Si. The summed E-state index contributed by atoms with van der Waals surface area (Å²) in [5.74, 6) is 1.14. The summed E-state index contributed by atoms with van der Waals surface area (Å²) in [5.41, 5.74) is 3.60. The van der Waals surface area contributed by atoms with Gasteiger partial charge < -0.3 is 4.43 Å². The molecule has 122 valence electrons. The van der Waals surface area contributed by atoms with Crippen LogP contribution < -0.4 is 4.43 Å². The van der Waals surface area contributed by atoms with Crippen LogP contribution in [-0.2, 0) is 6.42 Å². The number of alkyl halides is 1. The smallest absolute Gasteiger partial charge is 0.258 e. The Morgan fingerprint density at radius 3 is 2.14 bits per heavy atom. The first-order valence-electron chi connectivity index (χ1n) is 8.20. The van der Waals surface area contributed by atoms with Crippen LogP contribution in [-0.4, -0.2) is 18.9 Å². The molecular weight excluding hydrogens is 356 g/mol. The van der Waals surface area contributed by atoms with Gasteiger partial charge in [-0.25, -0.2) is 0 Å². The molecule has 1 aromatic rings. The van der Waals surface area contributed by atoms with E-state index < -0.39 is 8.32 Å². The highest BCUT2D eigenvalue weighted by Gasteiger charge is 2.47. The second-order valence-electron chi connectivity index (χ2n) is 7.27. The van der Waals surface area contributed by atoms with Gasteiger partial charge in [-0.15, -0.1) is 0 Å². The Morgan fingerprint density at radius 2 is 1.64 bits per heavy atom. The molecule has 1 aromatic carbocycles. The predicted molar refractivity (Wildman–Crippen MR) is 98.9 cm³/mol. The number of carbonyl (C=O) groups is 1. The Kier molecular flexibility index (Phi) is 5.22. The van der Waals surface area contributed by atoms with Crippen molar-refractivity contribution in [3.63, 3.8) is 0 Å². The van der Waals surface area contributed by atoms with E-state index in [-0.39, 0.29) is 10.6 Å². The van der Waals surface area contributed by atoms with Crippen LogP contribution >= 0.6 is 15.9 Å². The van der Waals surface area contributed by atoms with Crippen LogP contribution in [0.15, 0.2) is 18.2 Å². The van der Waals surface area contributed by atoms with E-state index >= 15 is 0 Å². The van der Waals surface area contributed by atoms with Gasteiger partial charge in [-0.3, -0.25) is 4.79 Å². The van der Waals surface area contributed by atoms with Gasteiger partial charge in [0.15, 0.2) is 5.78 Å². The van der Waals surface area contributed by atoms with Gasteiger partial charge in [-0.1, -0.05) is 57.5 Å². The Morgan fingerprint density at radius 1 is 1.09 bits per heavy atom. The van der Waals surface area contributed by atoms with Crippen molar-refractivity contribution < 1.29 is 9.22 Å². The van der Waals surface area contributed by atoms with Crippen molar-refractivity contribution in [2.75, 3.05) is 0 Å². The van der Waals surface area contributed by atoms with Gasteiger partial charge in [0.2, 0.25) is 0 Å². The van der Waals surface area contributed by atoms with Crippen LogP contribution in [0.4, 0.5) is 0 Å². The topological polar surface area (TPSA) is 26.3 Å². The van der Waals surface area contributed by atoms with E-state index in [2.05, 4.69) is 63.5 Å². The van der Waals surface area contributed by atoms with E-state index in [1.807, 2.05) is 12.1 Å². The minimum Gasteiger partial charge on any atom is -0.543 e. The summed E-state index contributed by atoms with van der Waals surface area (Å²) in [6, 6.07) is 6.01. The number of Topliss-reactive ketones (excluding diaryl/α,β-unsaturated/α-hetero) is 1. The molecule has 0 N–H and O–H groups in total. The van der Waals surface area contributed by atoms with Crippen LogP contribution in [0.1, 0.15) is 57.5 Å². The lowest BCUT2D eigenvalue weighted by Crippen LogP contribution is -2.50. The van der Waals surface area contributed by atoms with E-state index in [1.165, 1.54) is 0 Å². The predicted octanol–water partition coefficient (Wildman–Crippen LogP) is 5.74. The van der Waals surface area contributed by atoms with Crippen LogP contribution in [0.2, 0.25) is 16.6 Å². The molecule has 4 heteroatoms. The van der Waals surface area contributed by atoms with Crippen molar-refractivity contribution in [3.05, 3.63) is 29.3 Å². The number of halogens is 1. The Hall–Kier alpha value is -0.613. The van der Waals surface area contributed by atoms with Gasteiger partial charge >= 0.3 is 0 Å². The standard InChI is InChI=1S/C18H27BrO2Si/c1-11(2)22(12(3)4,13(5)6)21-15-7-8-16-14(9-15)10-17(19)18(16)20/h7-9,11-13,17H,10H2,1-6H3. The molecule has 0 saturated heterocycles. The lowest BCUT2D eigenvalue weighted by Gasteiger charge is -2.42. The Bertz CT molecular complexity index is 544. The summed E-state index contributed by atoms with van der Waals surface area (Å²) in [4.78, 5) is 12.0. The van der Waals surface area contributed by atoms with Crippen molar-refractivity contribution in [2.45, 2.75) is 69.4 Å². The third kappa shape index (κ3) is 2.92. The van der Waals surface area contributed by atoms with Crippen molar-refractivity contribution in [1.82, 2.24) is 0 Å². The average Bonchev–Trinajstić information content (AvgIpc) is 2.69. The van der Waals surface area contributed by atoms with Gasteiger partial charge in [-0.05, 0) is 46.8 Å². The third-order valence-corrected chi connectivity index (χ3v) is 11.8. The van der Waals surface area contributed by atoms with Crippen LogP contribution in [0.25, 0.3) is 0 Å². The number of fused-ring (bicyclic) bond motifs is 1. The molecule has 0 amide bonds. The third-order valence-electron chi connectivity index (χ3n) is 5.03. The number of benzene rings is 1. The zero-order chi connectivity index (χ0) is 16.7. The summed E-state index contributed by atoms with van der Waals surface area (Å²) in [6.45, 7) is 13.7. The first kappa shape index (κ1) is 17.7. The molecule has 0 radical (unpaired) electrons. The zero-order valence-corrected chi connectivity index (χ0v) is 17.0. The quantitative estimate of drug-likeness (QED) is 0.478. The SMILES string of the molecule is CC(C)[Si](Oc1ccc2c(c1)CC(Br)C2=O)(C(C)C)C(C)C. The molecule has 0 heterocycles. The molecule has 1 atom stereocenters. The maximum Gasteiger partial charge on any atom is 0.258 e. The van der Waals surface area contributed by atoms with E-state index in [0.717, 1.165) is 23.3 Å². The van der Waals surface area contributed by atoms with E-state index in [0.29, 0.717) is 16.6 Å². The van der Waals surface area contributed by atoms with Gasteiger partial charge in [0.1, 0.15) is 5.75 Å². The molecule has 0 fully saturated rings. The van der Waals surface area contributed by atoms with Crippen molar-refractivity contribution in [3.8, 4) is 5.75 Å². The molecule has 0 bridgehead atoms. The van der Waals surface area contributed by atoms with E-state index in [9.17, 15) is 4.79 Å². The molecule has 22 heavy (non-hydrogen) atoms. The fraction of sp³-hybridized carbons (Fsp3) is 0.611. The summed E-state index contributed by atoms with van der Waals surface area (Å²) >= 11 is 3.46. The monoisotopic (exact) mass is 382 g/mol. The number of rotatable bonds is 5. The molecule has 0 aliphatic heterocycles. The molecule has 1 unspecified atom stereocenters. The molecule has 2 rings (SSSR count). The van der Waals surface area contributed by atoms with E-state index in [1.54, 1.807) is 0 Å². The van der Waals surface area contributed by atoms with Crippen molar-refractivity contribution in [2.24, 2.45) is 0 Å². The Balaban J connectivity index is 2.37. The summed E-state index contributed by atoms with van der Waals surface area (Å²) in [7, 11) is -1.93. The van der Waals surface area contributed by atoms with Gasteiger partial charge in [0, 0.05) is 5.56 Å². The molecule has 1 aliphatic carbocycles. The minimum atomic E-state index is -1.93. The molecule has 0 saturated carbocycles. The number of ketones is 1. The summed E-state index contributed by atoms with van der Waals surface area (Å²) < 4.78 is 6.69. The van der Waals surface area contributed by atoms with Crippen LogP contribution in [0.3, 0.4) is 0 Å². The second kappa shape index (κ2) is 6.48. The van der Waals surface area contributed by atoms with Gasteiger partial charge in [0.05, 0.1) is 4.83 Å². The van der Waals surface area contributed by atoms with Gasteiger partial charge in [-0.2, -0.15) is 0 Å². The molecule has 0 aromatic heterocycles. The summed E-state index contributed by atoms with van der Waals surface area (Å²) in [5, 5.41) is 0. The first-order chi connectivity index (χ1) is 10.2. The molecule has 1 aliphatic rings. The largest absolute Gasteiger partial charge is 0.543 e.